The molecule has 0 amide bonds. The summed E-state index contributed by atoms with van der Waals surface area (Å²) in [5, 5.41) is 2.45. The van der Waals surface area contributed by atoms with Crippen LogP contribution in [0.2, 0.25) is 0 Å². The molecule has 2 heterocycles. The first-order chi connectivity index (χ1) is 11.2. The van der Waals surface area contributed by atoms with Crippen LogP contribution in [0.5, 0.6) is 0 Å². The number of thiazole rings is 1. The van der Waals surface area contributed by atoms with Gasteiger partial charge in [-0.3, -0.25) is 4.98 Å². The molecular weight excluding hydrogens is 308 g/mol. The SMILES string of the molecule is N/C(=N\C(N)=N\c1nc(-c2ccccc2)cs1)c1ccccn1. The molecule has 0 aliphatic heterocycles. The van der Waals surface area contributed by atoms with Gasteiger partial charge < -0.3 is 11.5 Å². The monoisotopic (exact) mass is 322 g/mol. The van der Waals surface area contributed by atoms with Crippen molar-refractivity contribution in [2.45, 2.75) is 0 Å². The summed E-state index contributed by atoms with van der Waals surface area (Å²) in [6.45, 7) is 0. The maximum atomic E-state index is 5.86. The van der Waals surface area contributed by atoms with Gasteiger partial charge in [0.15, 0.2) is 5.84 Å². The summed E-state index contributed by atoms with van der Waals surface area (Å²) in [6, 6.07) is 15.2. The molecule has 0 aliphatic carbocycles. The van der Waals surface area contributed by atoms with Crippen LogP contribution in [0, 0.1) is 0 Å². The van der Waals surface area contributed by atoms with E-state index in [4.69, 9.17) is 11.5 Å². The molecule has 0 saturated carbocycles. The highest BCUT2D eigenvalue weighted by atomic mass is 32.1. The van der Waals surface area contributed by atoms with Crippen molar-refractivity contribution < 1.29 is 0 Å². The van der Waals surface area contributed by atoms with Crippen LogP contribution in [0.25, 0.3) is 11.3 Å². The van der Waals surface area contributed by atoms with Crippen molar-refractivity contribution in [2.75, 3.05) is 0 Å². The van der Waals surface area contributed by atoms with Crippen LogP contribution >= 0.6 is 11.3 Å². The molecule has 0 saturated heterocycles. The van der Waals surface area contributed by atoms with Crippen LogP contribution in [0.1, 0.15) is 5.69 Å². The second-order valence-corrected chi connectivity index (χ2v) is 5.40. The Bertz CT molecular complexity index is 839. The van der Waals surface area contributed by atoms with Gasteiger partial charge in [0.25, 0.3) is 0 Å². The molecule has 7 heteroatoms. The molecule has 0 atom stereocenters. The van der Waals surface area contributed by atoms with Crippen molar-refractivity contribution in [3.63, 3.8) is 0 Å². The number of aromatic nitrogens is 2. The normalized spacial score (nSPS) is 12.3. The first-order valence-corrected chi connectivity index (χ1v) is 7.71. The van der Waals surface area contributed by atoms with Crippen molar-refractivity contribution in [1.29, 1.82) is 0 Å². The third-order valence-electron chi connectivity index (χ3n) is 2.93. The van der Waals surface area contributed by atoms with Crippen LogP contribution in [0.15, 0.2) is 70.1 Å². The van der Waals surface area contributed by atoms with Crippen LogP contribution in [-0.2, 0) is 0 Å². The van der Waals surface area contributed by atoms with Gasteiger partial charge >= 0.3 is 0 Å². The zero-order chi connectivity index (χ0) is 16.1. The molecule has 0 radical (unpaired) electrons. The maximum Gasteiger partial charge on any atom is 0.224 e. The molecule has 0 aliphatic rings. The Hall–Kier alpha value is -3.06. The average Bonchev–Trinajstić information content (AvgIpc) is 3.04. The van der Waals surface area contributed by atoms with Crippen LogP contribution in [-0.4, -0.2) is 21.8 Å². The number of hydrogen-bond donors (Lipinski definition) is 2. The zero-order valence-corrected chi connectivity index (χ0v) is 12.9. The van der Waals surface area contributed by atoms with E-state index in [0.29, 0.717) is 10.8 Å². The van der Waals surface area contributed by atoms with Gasteiger partial charge in [-0.2, -0.15) is 9.98 Å². The third-order valence-corrected chi connectivity index (χ3v) is 3.67. The minimum Gasteiger partial charge on any atom is -0.382 e. The molecular formula is C16H14N6S. The number of guanidine groups is 1. The Balaban J connectivity index is 1.80. The second-order valence-electron chi connectivity index (χ2n) is 4.56. The lowest BCUT2D eigenvalue weighted by Gasteiger charge is -1.98. The van der Waals surface area contributed by atoms with E-state index in [-0.39, 0.29) is 11.8 Å². The fourth-order valence-electron chi connectivity index (χ4n) is 1.88. The van der Waals surface area contributed by atoms with Crippen molar-refractivity contribution >= 4 is 28.3 Å². The number of nitrogens with zero attached hydrogens (tertiary/aromatic N) is 4. The Morgan fingerprint density at radius 3 is 2.52 bits per heavy atom. The van der Waals surface area contributed by atoms with Gasteiger partial charge in [0, 0.05) is 17.1 Å². The summed E-state index contributed by atoms with van der Waals surface area (Å²) in [4.78, 5) is 16.8. The standard InChI is InChI=1S/C16H14N6S/c17-14(12-8-4-5-9-19-12)21-15(18)22-16-20-13(10-23-16)11-6-2-1-3-7-11/h1-10H,(H4,17,18,20,21,22). The first-order valence-electron chi connectivity index (χ1n) is 6.83. The summed E-state index contributed by atoms with van der Waals surface area (Å²) in [6.07, 6.45) is 1.64. The fourth-order valence-corrected chi connectivity index (χ4v) is 2.58. The smallest absolute Gasteiger partial charge is 0.224 e. The van der Waals surface area contributed by atoms with Crippen molar-refractivity contribution in [3.8, 4) is 11.3 Å². The molecule has 0 spiro atoms. The van der Waals surface area contributed by atoms with Gasteiger partial charge in [0.1, 0.15) is 5.69 Å². The van der Waals surface area contributed by atoms with Gasteiger partial charge in [-0.1, -0.05) is 36.4 Å². The Kier molecular flexibility index (Phi) is 4.39. The summed E-state index contributed by atoms with van der Waals surface area (Å²) in [5.41, 5.74) is 14.1. The van der Waals surface area contributed by atoms with E-state index in [2.05, 4.69) is 20.0 Å². The Morgan fingerprint density at radius 1 is 1.00 bits per heavy atom. The van der Waals surface area contributed by atoms with Crippen LogP contribution in [0.4, 0.5) is 5.13 Å². The lowest BCUT2D eigenvalue weighted by atomic mass is 10.2. The van der Waals surface area contributed by atoms with Crippen molar-refractivity contribution in [2.24, 2.45) is 21.5 Å². The van der Waals surface area contributed by atoms with Crippen molar-refractivity contribution in [3.05, 3.63) is 65.8 Å². The van der Waals surface area contributed by atoms with E-state index < -0.39 is 0 Å². The van der Waals surface area contributed by atoms with Gasteiger partial charge in [0.05, 0.1) is 5.69 Å². The van der Waals surface area contributed by atoms with Gasteiger partial charge in [-0.25, -0.2) is 4.98 Å². The predicted molar refractivity (Wildman–Crippen MR) is 93.8 cm³/mol. The molecule has 6 nitrogen and oxygen atoms in total. The fraction of sp³-hybridized carbons (Fsp3) is 0. The molecule has 4 N–H and O–H groups in total. The van der Waals surface area contributed by atoms with E-state index >= 15 is 0 Å². The molecule has 0 fully saturated rings. The minimum atomic E-state index is 0.0436. The quantitative estimate of drug-likeness (QED) is 0.571. The number of nitrogens with two attached hydrogens (primary N) is 2. The molecule has 1 aromatic carbocycles. The minimum absolute atomic E-state index is 0.0436. The van der Waals surface area contributed by atoms with Gasteiger partial charge in [0.2, 0.25) is 11.1 Å². The number of rotatable bonds is 3. The number of benzene rings is 1. The molecule has 0 bridgehead atoms. The highest BCUT2D eigenvalue weighted by molar-refractivity contribution is 7.13. The lowest BCUT2D eigenvalue weighted by Crippen LogP contribution is -2.20. The third kappa shape index (κ3) is 3.78. The Morgan fingerprint density at radius 2 is 1.78 bits per heavy atom. The summed E-state index contributed by atoms with van der Waals surface area (Å²) < 4.78 is 0. The van der Waals surface area contributed by atoms with Crippen molar-refractivity contribution in [1.82, 2.24) is 9.97 Å². The van der Waals surface area contributed by atoms with Gasteiger partial charge in [-0.05, 0) is 12.1 Å². The molecule has 3 aromatic rings. The molecule has 114 valence electrons. The zero-order valence-electron chi connectivity index (χ0n) is 12.1. The predicted octanol–water partition coefficient (Wildman–Crippen LogP) is 2.56. The van der Waals surface area contributed by atoms with E-state index in [9.17, 15) is 0 Å². The van der Waals surface area contributed by atoms with Crippen LogP contribution in [0.3, 0.4) is 0 Å². The van der Waals surface area contributed by atoms with E-state index in [1.54, 1.807) is 18.3 Å². The number of hydrogen-bond acceptors (Lipinski definition) is 4. The highest BCUT2D eigenvalue weighted by Crippen LogP contribution is 2.26. The van der Waals surface area contributed by atoms with E-state index in [1.807, 2.05) is 41.8 Å². The molecule has 2 aromatic heterocycles. The largest absolute Gasteiger partial charge is 0.382 e. The summed E-state index contributed by atoms with van der Waals surface area (Å²) in [7, 11) is 0. The van der Waals surface area contributed by atoms with E-state index in [0.717, 1.165) is 11.3 Å². The molecule has 3 rings (SSSR count). The highest BCUT2D eigenvalue weighted by Gasteiger charge is 2.05. The molecule has 23 heavy (non-hydrogen) atoms. The maximum absolute atomic E-state index is 5.86. The Labute approximate surface area is 137 Å². The van der Waals surface area contributed by atoms with Crippen LogP contribution < -0.4 is 11.5 Å². The number of pyridine rings is 1. The summed E-state index contributed by atoms with van der Waals surface area (Å²) in [5.74, 6) is 0.258. The topological polar surface area (TPSA) is 103 Å². The summed E-state index contributed by atoms with van der Waals surface area (Å²) >= 11 is 1.39. The number of amidine groups is 1. The van der Waals surface area contributed by atoms with E-state index in [1.165, 1.54) is 11.3 Å². The molecule has 0 unspecified atom stereocenters. The first kappa shape index (κ1) is 14.9. The number of aliphatic imine (C=N–C) groups is 2. The average molecular weight is 322 g/mol. The second kappa shape index (κ2) is 6.80. The van der Waals surface area contributed by atoms with Gasteiger partial charge in [-0.15, -0.1) is 11.3 Å². The lowest BCUT2D eigenvalue weighted by molar-refractivity contribution is 1.27.